The number of ether oxygens (including phenoxy) is 2. The van der Waals surface area contributed by atoms with Gasteiger partial charge in [0.2, 0.25) is 5.95 Å². The molecule has 0 spiro atoms. The maximum absolute atomic E-state index is 11.4. The van der Waals surface area contributed by atoms with Crippen molar-refractivity contribution >= 4 is 28.9 Å². The number of anilines is 2. The first kappa shape index (κ1) is 18.9. The van der Waals surface area contributed by atoms with Crippen LogP contribution in [-0.2, 0) is 11.3 Å². The lowest BCUT2D eigenvalue weighted by atomic mass is 10.0. The zero-order valence-electron chi connectivity index (χ0n) is 16.8. The molecular formula is C22H20N6O3. The van der Waals surface area contributed by atoms with Gasteiger partial charge in [-0.15, -0.1) is 0 Å². The zero-order valence-corrected chi connectivity index (χ0v) is 16.8. The molecule has 5 rings (SSSR count). The molecule has 0 bridgehead atoms. The lowest BCUT2D eigenvalue weighted by molar-refractivity contribution is 0.186. The first-order valence-corrected chi connectivity index (χ1v) is 9.81. The fraction of sp³-hybridized carbons (Fsp3) is 0.182. The number of carbonyl (C=O) groups is 1. The Bertz CT molecular complexity index is 1240. The van der Waals surface area contributed by atoms with Gasteiger partial charge in [-0.3, -0.25) is 5.32 Å². The molecule has 0 radical (unpaired) electrons. The number of rotatable bonds is 3. The summed E-state index contributed by atoms with van der Waals surface area (Å²) in [4.78, 5) is 29.4. The highest BCUT2D eigenvalue weighted by Crippen LogP contribution is 2.31. The van der Waals surface area contributed by atoms with E-state index in [4.69, 9.17) is 4.74 Å². The van der Waals surface area contributed by atoms with Gasteiger partial charge in [0.05, 0.1) is 24.7 Å². The maximum Gasteiger partial charge on any atom is 0.413 e. The molecule has 1 aliphatic heterocycles. The summed E-state index contributed by atoms with van der Waals surface area (Å²) in [6, 6.07) is 14.0. The van der Waals surface area contributed by atoms with E-state index in [2.05, 4.69) is 41.0 Å². The first-order valence-electron chi connectivity index (χ1n) is 9.81. The third-order valence-corrected chi connectivity index (χ3v) is 5.15. The van der Waals surface area contributed by atoms with Crippen LogP contribution >= 0.6 is 0 Å². The molecule has 2 aromatic carbocycles. The van der Waals surface area contributed by atoms with Crippen LogP contribution in [0.1, 0.15) is 5.56 Å². The van der Waals surface area contributed by atoms with Crippen molar-refractivity contribution in [3.05, 3.63) is 60.6 Å². The van der Waals surface area contributed by atoms with E-state index in [1.165, 1.54) is 7.11 Å². The Morgan fingerprint density at radius 2 is 2.06 bits per heavy atom. The SMILES string of the molecule is COC(=O)Nc1nc2ccc(-c3ccc4c(c3)CN(c3ccncn3)CCO4)cc2[nH]1. The fourth-order valence-corrected chi connectivity index (χ4v) is 3.64. The highest BCUT2D eigenvalue weighted by molar-refractivity contribution is 5.88. The first-order chi connectivity index (χ1) is 15.2. The Hall–Kier alpha value is -4.14. The predicted octanol–water partition coefficient (Wildman–Crippen LogP) is 3.60. The van der Waals surface area contributed by atoms with Crippen LogP contribution in [0.25, 0.3) is 22.2 Å². The summed E-state index contributed by atoms with van der Waals surface area (Å²) in [5, 5.41) is 2.55. The van der Waals surface area contributed by atoms with Crippen molar-refractivity contribution < 1.29 is 14.3 Å². The molecule has 2 N–H and O–H groups in total. The second kappa shape index (κ2) is 7.94. The number of imidazole rings is 1. The van der Waals surface area contributed by atoms with Crippen molar-refractivity contribution in [3.63, 3.8) is 0 Å². The van der Waals surface area contributed by atoms with Gasteiger partial charge < -0.3 is 19.4 Å². The number of aromatic nitrogens is 4. The van der Waals surface area contributed by atoms with Crippen molar-refractivity contribution in [2.75, 3.05) is 30.5 Å². The van der Waals surface area contributed by atoms with Crippen molar-refractivity contribution in [1.82, 2.24) is 19.9 Å². The minimum atomic E-state index is -0.571. The van der Waals surface area contributed by atoms with Gasteiger partial charge in [-0.05, 0) is 41.5 Å². The Kier molecular flexibility index (Phi) is 4.83. The fourth-order valence-electron chi connectivity index (χ4n) is 3.64. The van der Waals surface area contributed by atoms with Crippen molar-refractivity contribution in [2.24, 2.45) is 0 Å². The van der Waals surface area contributed by atoms with E-state index in [0.29, 0.717) is 19.1 Å². The summed E-state index contributed by atoms with van der Waals surface area (Å²) in [5.41, 5.74) is 4.75. The van der Waals surface area contributed by atoms with Gasteiger partial charge in [0.1, 0.15) is 24.5 Å². The summed E-state index contributed by atoms with van der Waals surface area (Å²) in [5.74, 6) is 2.10. The number of nitrogens with one attached hydrogen (secondary N) is 2. The van der Waals surface area contributed by atoms with E-state index >= 15 is 0 Å². The zero-order chi connectivity index (χ0) is 21.2. The number of amides is 1. The molecule has 9 heteroatoms. The molecule has 31 heavy (non-hydrogen) atoms. The number of H-pyrrole nitrogens is 1. The van der Waals surface area contributed by atoms with Crippen molar-refractivity contribution in [2.45, 2.75) is 6.54 Å². The number of nitrogens with zero attached hydrogens (tertiary/aromatic N) is 4. The van der Waals surface area contributed by atoms with E-state index in [9.17, 15) is 4.79 Å². The number of hydrogen-bond donors (Lipinski definition) is 2. The molecule has 1 aliphatic rings. The normalized spacial score (nSPS) is 13.3. The van der Waals surface area contributed by atoms with Crippen molar-refractivity contribution in [3.8, 4) is 16.9 Å². The van der Waals surface area contributed by atoms with Gasteiger partial charge in [0, 0.05) is 18.3 Å². The van der Waals surface area contributed by atoms with Crippen LogP contribution in [0.3, 0.4) is 0 Å². The van der Waals surface area contributed by atoms with Crippen LogP contribution < -0.4 is 15.0 Å². The van der Waals surface area contributed by atoms with E-state index < -0.39 is 6.09 Å². The summed E-state index contributed by atoms with van der Waals surface area (Å²) < 4.78 is 10.6. The van der Waals surface area contributed by atoms with Gasteiger partial charge in [0.15, 0.2) is 0 Å². The molecule has 0 saturated heterocycles. The lowest BCUT2D eigenvalue weighted by Crippen LogP contribution is -2.26. The van der Waals surface area contributed by atoms with Crippen LogP contribution in [0, 0.1) is 0 Å². The third kappa shape index (κ3) is 3.85. The Balaban J connectivity index is 1.45. The Labute approximate surface area is 178 Å². The van der Waals surface area contributed by atoms with E-state index in [1.54, 1.807) is 12.5 Å². The monoisotopic (exact) mass is 416 g/mol. The molecule has 9 nitrogen and oxygen atoms in total. The smallest absolute Gasteiger partial charge is 0.413 e. The van der Waals surface area contributed by atoms with Crippen molar-refractivity contribution in [1.29, 1.82) is 0 Å². The van der Waals surface area contributed by atoms with Gasteiger partial charge in [-0.25, -0.2) is 19.7 Å². The topological polar surface area (TPSA) is 105 Å². The average Bonchev–Trinajstić information content (AvgIpc) is 3.07. The van der Waals surface area contributed by atoms with Crippen LogP contribution in [0.2, 0.25) is 0 Å². The summed E-state index contributed by atoms with van der Waals surface area (Å²) in [6.45, 7) is 2.03. The maximum atomic E-state index is 11.4. The largest absolute Gasteiger partial charge is 0.491 e. The molecule has 1 amide bonds. The van der Waals surface area contributed by atoms with Crippen LogP contribution in [0.5, 0.6) is 5.75 Å². The Morgan fingerprint density at radius 1 is 1.19 bits per heavy atom. The van der Waals surface area contributed by atoms with Gasteiger partial charge >= 0.3 is 6.09 Å². The number of benzene rings is 2. The Morgan fingerprint density at radius 3 is 2.90 bits per heavy atom. The van der Waals surface area contributed by atoms with E-state index in [0.717, 1.165) is 45.8 Å². The molecule has 0 saturated carbocycles. The second-order valence-electron chi connectivity index (χ2n) is 7.09. The minimum absolute atomic E-state index is 0.342. The number of hydrogen-bond acceptors (Lipinski definition) is 7. The third-order valence-electron chi connectivity index (χ3n) is 5.15. The molecule has 0 fully saturated rings. The van der Waals surface area contributed by atoms with Crippen LogP contribution in [-0.4, -0.2) is 46.3 Å². The highest BCUT2D eigenvalue weighted by atomic mass is 16.5. The molecule has 3 heterocycles. The number of aromatic amines is 1. The van der Waals surface area contributed by atoms with Gasteiger partial charge in [0.25, 0.3) is 0 Å². The summed E-state index contributed by atoms with van der Waals surface area (Å²) in [7, 11) is 1.31. The standard InChI is InChI=1S/C22H20N6O3/c1-30-22(29)27-21-25-17-4-2-15(11-18(17)26-21)14-3-5-19-16(10-14)12-28(8-9-31-19)20-6-7-23-13-24-20/h2-7,10-11,13H,8-9,12H2,1H3,(H2,25,26,27,29). The van der Waals surface area contributed by atoms with E-state index in [1.807, 2.05) is 36.4 Å². The number of fused-ring (bicyclic) bond motifs is 2. The molecule has 0 unspecified atom stereocenters. The summed E-state index contributed by atoms with van der Waals surface area (Å²) >= 11 is 0. The molecular weight excluding hydrogens is 396 g/mol. The summed E-state index contributed by atoms with van der Waals surface area (Å²) in [6.07, 6.45) is 2.73. The van der Waals surface area contributed by atoms with Crippen LogP contribution in [0.4, 0.5) is 16.6 Å². The predicted molar refractivity (Wildman–Crippen MR) is 116 cm³/mol. The average molecular weight is 416 g/mol. The molecule has 156 valence electrons. The lowest BCUT2D eigenvalue weighted by Gasteiger charge is -2.20. The van der Waals surface area contributed by atoms with Gasteiger partial charge in [-0.2, -0.15) is 0 Å². The second-order valence-corrected chi connectivity index (χ2v) is 7.09. The molecule has 2 aromatic heterocycles. The van der Waals surface area contributed by atoms with Crippen LogP contribution in [0.15, 0.2) is 55.0 Å². The number of methoxy groups -OCH3 is 1. The quantitative estimate of drug-likeness (QED) is 0.526. The molecule has 0 atom stereocenters. The highest BCUT2D eigenvalue weighted by Gasteiger charge is 2.17. The minimum Gasteiger partial charge on any atom is -0.491 e. The molecule has 0 aliphatic carbocycles. The van der Waals surface area contributed by atoms with E-state index in [-0.39, 0.29) is 0 Å². The number of carbonyl (C=O) groups excluding carboxylic acids is 1. The molecule has 4 aromatic rings. The van der Waals surface area contributed by atoms with Gasteiger partial charge in [-0.1, -0.05) is 12.1 Å².